The number of amides is 3. The van der Waals surface area contributed by atoms with Crippen molar-refractivity contribution in [1.29, 1.82) is 0 Å². The second kappa shape index (κ2) is 7.57. The summed E-state index contributed by atoms with van der Waals surface area (Å²) >= 11 is 4.92. The van der Waals surface area contributed by atoms with Gasteiger partial charge in [-0.15, -0.1) is 0 Å². The zero-order valence-corrected chi connectivity index (χ0v) is 14.3. The molecule has 0 unspecified atom stereocenters. The van der Waals surface area contributed by atoms with Crippen molar-refractivity contribution in [3.8, 4) is 16.9 Å². The first kappa shape index (κ1) is 18.8. The molecule has 134 valence electrons. The van der Waals surface area contributed by atoms with Crippen molar-refractivity contribution < 1.29 is 19.6 Å². The number of nitrogens with one attached hydrogen (secondary N) is 2. The van der Waals surface area contributed by atoms with Crippen molar-refractivity contribution >= 4 is 40.5 Å². The van der Waals surface area contributed by atoms with E-state index >= 15 is 0 Å². The van der Waals surface area contributed by atoms with Crippen LogP contribution in [0.25, 0.3) is 11.1 Å². The molecule has 0 aliphatic carbocycles. The summed E-state index contributed by atoms with van der Waals surface area (Å²) in [6, 6.07) is 8.15. The van der Waals surface area contributed by atoms with Crippen molar-refractivity contribution in [3.05, 3.63) is 52.1 Å². The maximum atomic E-state index is 11.5. The molecule has 26 heavy (non-hydrogen) atoms. The lowest BCUT2D eigenvalue weighted by Crippen LogP contribution is -2.34. The molecular weight excluding hydrogens is 360 g/mol. The zero-order chi connectivity index (χ0) is 19.4. The molecule has 0 aromatic heterocycles. The first-order valence-corrected chi connectivity index (χ1v) is 7.61. The average Bonchev–Trinajstić information content (AvgIpc) is 2.53. The van der Waals surface area contributed by atoms with E-state index in [4.69, 9.17) is 18.0 Å². The van der Waals surface area contributed by atoms with E-state index in [-0.39, 0.29) is 22.0 Å². The van der Waals surface area contributed by atoms with Crippen LogP contribution in [0.2, 0.25) is 0 Å². The minimum Gasteiger partial charge on any atom is -0.502 e. The number of para-hydroxylation sites is 1. The third-order valence-electron chi connectivity index (χ3n) is 3.34. The molecule has 0 spiro atoms. The van der Waals surface area contributed by atoms with E-state index in [1.165, 1.54) is 19.1 Å². The second-order valence-corrected chi connectivity index (χ2v) is 5.57. The highest BCUT2D eigenvalue weighted by atomic mass is 32.1. The number of anilines is 1. The Hall–Kier alpha value is -3.53. The molecule has 2 rings (SSSR count). The maximum Gasteiger partial charge on any atom is 0.319 e. The SMILES string of the molecule is CC(=O)Nc1ccccc1-c1ccc(C(=S)NC(N)=O)c(O)c1[N+](=O)[O-]. The van der Waals surface area contributed by atoms with Crippen LogP contribution in [-0.4, -0.2) is 27.0 Å². The molecule has 2 aromatic rings. The van der Waals surface area contributed by atoms with Crippen LogP contribution in [-0.2, 0) is 4.79 Å². The Morgan fingerprint density at radius 2 is 1.85 bits per heavy atom. The quantitative estimate of drug-likeness (QED) is 0.366. The molecule has 0 heterocycles. The lowest BCUT2D eigenvalue weighted by molar-refractivity contribution is -0.385. The average molecular weight is 374 g/mol. The number of primary amides is 1. The molecule has 0 saturated carbocycles. The van der Waals surface area contributed by atoms with E-state index in [0.29, 0.717) is 11.3 Å². The number of carbonyl (C=O) groups excluding carboxylic acids is 2. The number of phenols is 1. The van der Waals surface area contributed by atoms with Gasteiger partial charge in [0, 0.05) is 18.2 Å². The van der Waals surface area contributed by atoms with Gasteiger partial charge < -0.3 is 16.2 Å². The summed E-state index contributed by atoms with van der Waals surface area (Å²) in [6.45, 7) is 1.31. The van der Waals surface area contributed by atoms with Crippen LogP contribution >= 0.6 is 12.2 Å². The summed E-state index contributed by atoms with van der Waals surface area (Å²) in [4.78, 5) is 32.8. The van der Waals surface area contributed by atoms with E-state index in [1.807, 2.05) is 0 Å². The number of thiocarbonyl (C=S) groups is 1. The number of phenolic OH excluding ortho intramolecular Hbond substituents is 1. The van der Waals surface area contributed by atoms with Crippen LogP contribution in [0.3, 0.4) is 0 Å². The van der Waals surface area contributed by atoms with Gasteiger partial charge in [-0.3, -0.25) is 20.2 Å². The van der Waals surface area contributed by atoms with E-state index in [2.05, 4.69) is 10.6 Å². The predicted molar refractivity (Wildman–Crippen MR) is 98.9 cm³/mol. The number of nitro groups is 1. The Morgan fingerprint density at radius 3 is 2.42 bits per heavy atom. The predicted octanol–water partition coefficient (Wildman–Crippen LogP) is 2.27. The molecule has 0 atom stereocenters. The number of carbonyl (C=O) groups is 2. The highest BCUT2D eigenvalue weighted by molar-refractivity contribution is 7.80. The topological polar surface area (TPSA) is 148 Å². The van der Waals surface area contributed by atoms with E-state index in [0.717, 1.165) is 0 Å². The van der Waals surface area contributed by atoms with Crippen LogP contribution in [0.4, 0.5) is 16.2 Å². The Kier molecular flexibility index (Phi) is 5.48. The first-order valence-electron chi connectivity index (χ1n) is 7.20. The number of urea groups is 1. The van der Waals surface area contributed by atoms with Gasteiger partial charge in [0.2, 0.25) is 11.7 Å². The van der Waals surface area contributed by atoms with Crippen LogP contribution in [0, 0.1) is 10.1 Å². The molecule has 10 heteroatoms. The number of nitro benzene ring substituents is 1. The van der Waals surface area contributed by atoms with Gasteiger partial charge in [0.15, 0.2) is 0 Å². The van der Waals surface area contributed by atoms with Gasteiger partial charge in [-0.2, -0.15) is 0 Å². The van der Waals surface area contributed by atoms with Gasteiger partial charge in [0.25, 0.3) is 0 Å². The summed E-state index contributed by atoms with van der Waals surface area (Å²) in [6.07, 6.45) is 0. The fourth-order valence-corrected chi connectivity index (χ4v) is 2.63. The maximum absolute atomic E-state index is 11.5. The third-order valence-corrected chi connectivity index (χ3v) is 3.67. The monoisotopic (exact) mass is 374 g/mol. The van der Waals surface area contributed by atoms with Crippen LogP contribution in [0.15, 0.2) is 36.4 Å². The van der Waals surface area contributed by atoms with Gasteiger partial charge in [-0.25, -0.2) is 4.79 Å². The Bertz CT molecular complexity index is 929. The van der Waals surface area contributed by atoms with Gasteiger partial charge in [0.05, 0.1) is 16.1 Å². The Balaban J connectivity index is 2.67. The molecule has 0 aliphatic heterocycles. The third kappa shape index (κ3) is 3.92. The zero-order valence-electron chi connectivity index (χ0n) is 13.5. The van der Waals surface area contributed by atoms with Gasteiger partial charge in [0.1, 0.15) is 4.99 Å². The molecule has 5 N–H and O–H groups in total. The minimum absolute atomic E-state index is 0.0717. The molecule has 0 bridgehead atoms. The number of aromatic hydroxyl groups is 1. The Morgan fingerprint density at radius 1 is 1.19 bits per heavy atom. The largest absolute Gasteiger partial charge is 0.502 e. The molecule has 0 saturated heterocycles. The van der Waals surface area contributed by atoms with Crippen LogP contribution in [0.1, 0.15) is 12.5 Å². The number of nitrogens with two attached hydrogens (primary N) is 1. The van der Waals surface area contributed by atoms with Gasteiger partial charge in [-0.1, -0.05) is 30.4 Å². The number of benzene rings is 2. The van der Waals surface area contributed by atoms with E-state index in [1.54, 1.807) is 24.3 Å². The van der Waals surface area contributed by atoms with E-state index < -0.39 is 22.4 Å². The highest BCUT2D eigenvalue weighted by Gasteiger charge is 2.27. The molecule has 3 amide bonds. The summed E-state index contributed by atoms with van der Waals surface area (Å²) in [5.74, 6) is -1.07. The van der Waals surface area contributed by atoms with Crippen molar-refractivity contribution in [3.63, 3.8) is 0 Å². The number of hydrogen-bond donors (Lipinski definition) is 4. The molecule has 9 nitrogen and oxygen atoms in total. The lowest BCUT2D eigenvalue weighted by atomic mass is 9.98. The van der Waals surface area contributed by atoms with Gasteiger partial charge in [-0.05, 0) is 18.2 Å². The molecule has 2 aromatic carbocycles. The van der Waals surface area contributed by atoms with E-state index in [9.17, 15) is 24.8 Å². The second-order valence-electron chi connectivity index (χ2n) is 5.16. The highest BCUT2D eigenvalue weighted by Crippen LogP contribution is 2.42. The molecule has 0 aliphatic rings. The summed E-state index contributed by atoms with van der Waals surface area (Å²) in [7, 11) is 0. The fourth-order valence-electron chi connectivity index (χ4n) is 2.36. The van der Waals surface area contributed by atoms with Crippen molar-refractivity contribution in [2.24, 2.45) is 5.73 Å². The van der Waals surface area contributed by atoms with Crippen LogP contribution in [0.5, 0.6) is 5.75 Å². The van der Waals surface area contributed by atoms with Crippen molar-refractivity contribution in [2.45, 2.75) is 6.92 Å². The standard InChI is InChI=1S/C16H14N4O5S/c1-8(21)18-12-5-3-2-4-9(12)10-6-7-11(15(26)19-16(17)23)14(22)13(10)20(24)25/h2-7,22H,1H3,(H,18,21)(H3,17,19,23,26). The number of hydrogen-bond acceptors (Lipinski definition) is 6. The van der Waals surface area contributed by atoms with Crippen molar-refractivity contribution in [2.75, 3.05) is 5.32 Å². The molecule has 0 fully saturated rings. The summed E-state index contributed by atoms with van der Waals surface area (Å²) < 4.78 is 0. The molecule has 0 radical (unpaired) electrons. The Labute approximate surface area is 153 Å². The lowest BCUT2D eigenvalue weighted by Gasteiger charge is -2.13. The normalized spacial score (nSPS) is 10.0. The summed E-state index contributed by atoms with van der Waals surface area (Å²) in [5.41, 5.74) is 4.99. The summed E-state index contributed by atoms with van der Waals surface area (Å²) in [5, 5.41) is 26.6. The minimum atomic E-state index is -0.961. The number of nitrogens with zero attached hydrogens (tertiary/aromatic N) is 1. The van der Waals surface area contributed by atoms with Gasteiger partial charge >= 0.3 is 11.7 Å². The van der Waals surface area contributed by atoms with Crippen molar-refractivity contribution in [1.82, 2.24) is 5.32 Å². The fraction of sp³-hybridized carbons (Fsp3) is 0.0625. The number of rotatable bonds is 4. The van der Waals surface area contributed by atoms with Crippen LogP contribution < -0.4 is 16.4 Å². The molecular formula is C16H14N4O5S. The smallest absolute Gasteiger partial charge is 0.319 e. The first-order chi connectivity index (χ1) is 12.2.